The number of pyridine rings is 1. The third-order valence-corrected chi connectivity index (χ3v) is 3.93. The number of nitrogens with zero attached hydrogens (tertiary/aromatic N) is 5. The summed E-state index contributed by atoms with van der Waals surface area (Å²) >= 11 is 5.91. The number of ether oxygens (including phenoxy) is 1. The van der Waals surface area contributed by atoms with E-state index in [1.165, 1.54) is 0 Å². The smallest absolute Gasteiger partial charge is 0.180 e. The summed E-state index contributed by atoms with van der Waals surface area (Å²) in [7, 11) is 0. The monoisotopic (exact) mass is 315 g/mol. The predicted molar refractivity (Wildman–Crippen MR) is 82.4 cm³/mol. The molecule has 3 aromatic heterocycles. The minimum atomic E-state index is 0.0171. The van der Waals surface area contributed by atoms with Crippen LogP contribution in [-0.4, -0.2) is 31.3 Å². The Kier molecular flexibility index (Phi) is 3.48. The van der Waals surface area contributed by atoms with Crippen LogP contribution in [0.2, 0.25) is 5.15 Å². The molecule has 3 aromatic rings. The highest BCUT2D eigenvalue weighted by Crippen LogP contribution is 2.25. The SMILES string of the molecule is Clc1ccc2ncc(-c3cnn(C4CCCCO4)c3)nc2n1. The highest BCUT2D eigenvalue weighted by molar-refractivity contribution is 6.29. The molecule has 0 spiro atoms. The van der Waals surface area contributed by atoms with Crippen LogP contribution in [0.5, 0.6) is 0 Å². The minimum absolute atomic E-state index is 0.0171. The summed E-state index contributed by atoms with van der Waals surface area (Å²) in [6.45, 7) is 0.790. The maximum absolute atomic E-state index is 5.91. The van der Waals surface area contributed by atoms with Crippen molar-refractivity contribution < 1.29 is 4.74 Å². The molecule has 1 aliphatic heterocycles. The van der Waals surface area contributed by atoms with Crippen molar-refractivity contribution in [2.75, 3.05) is 6.61 Å². The van der Waals surface area contributed by atoms with Gasteiger partial charge in [-0.15, -0.1) is 0 Å². The Morgan fingerprint density at radius 2 is 2.14 bits per heavy atom. The molecule has 1 saturated heterocycles. The lowest BCUT2D eigenvalue weighted by Crippen LogP contribution is -2.18. The molecule has 0 N–H and O–H groups in total. The zero-order valence-electron chi connectivity index (χ0n) is 11.8. The Morgan fingerprint density at radius 1 is 1.18 bits per heavy atom. The molecular formula is C15H14ClN5O. The Balaban J connectivity index is 1.68. The summed E-state index contributed by atoms with van der Waals surface area (Å²) in [4.78, 5) is 13.1. The third-order valence-electron chi connectivity index (χ3n) is 3.72. The van der Waals surface area contributed by atoms with Crippen LogP contribution in [-0.2, 0) is 4.74 Å². The second-order valence-corrected chi connectivity index (χ2v) is 5.65. The summed E-state index contributed by atoms with van der Waals surface area (Å²) in [5.74, 6) is 0. The molecule has 1 fully saturated rings. The van der Waals surface area contributed by atoms with E-state index in [0.29, 0.717) is 10.8 Å². The van der Waals surface area contributed by atoms with Crippen LogP contribution >= 0.6 is 11.6 Å². The van der Waals surface area contributed by atoms with E-state index in [4.69, 9.17) is 16.3 Å². The molecule has 0 radical (unpaired) electrons. The topological polar surface area (TPSA) is 65.7 Å². The fraction of sp³-hybridized carbons (Fsp3) is 0.333. The van der Waals surface area contributed by atoms with E-state index in [1.807, 2.05) is 10.9 Å². The van der Waals surface area contributed by atoms with Gasteiger partial charge in [-0.25, -0.2) is 14.6 Å². The van der Waals surface area contributed by atoms with Crippen molar-refractivity contribution >= 4 is 22.8 Å². The first-order chi connectivity index (χ1) is 10.8. The van der Waals surface area contributed by atoms with Gasteiger partial charge in [-0.1, -0.05) is 11.6 Å². The van der Waals surface area contributed by atoms with Crippen molar-refractivity contribution in [3.63, 3.8) is 0 Å². The van der Waals surface area contributed by atoms with Gasteiger partial charge in [0.15, 0.2) is 5.65 Å². The number of hydrogen-bond acceptors (Lipinski definition) is 5. The highest BCUT2D eigenvalue weighted by atomic mass is 35.5. The van der Waals surface area contributed by atoms with Crippen LogP contribution in [0.15, 0.2) is 30.7 Å². The Morgan fingerprint density at radius 3 is 3.00 bits per heavy atom. The molecule has 0 aromatic carbocycles. The summed E-state index contributed by atoms with van der Waals surface area (Å²) < 4.78 is 7.59. The van der Waals surface area contributed by atoms with Crippen LogP contribution in [0.4, 0.5) is 0 Å². The molecule has 1 unspecified atom stereocenters. The average Bonchev–Trinajstić information content (AvgIpc) is 3.05. The van der Waals surface area contributed by atoms with Crippen molar-refractivity contribution in [3.8, 4) is 11.3 Å². The quantitative estimate of drug-likeness (QED) is 0.679. The van der Waals surface area contributed by atoms with Crippen LogP contribution in [0.3, 0.4) is 0 Å². The Bertz CT molecular complexity index is 813. The number of hydrogen-bond donors (Lipinski definition) is 0. The molecule has 0 bridgehead atoms. The third kappa shape index (κ3) is 2.55. The minimum Gasteiger partial charge on any atom is -0.357 e. The van der Waals surface area contributed by atoms with Crippen molar-refractivity contribution in [1.29, 1.82) is 0 Å². The molecule has 22 heavy (non-hydrogen) atoms. The Hall–Kier alpha value is -2.05. The lowest BCUT2D eigenvalue weighted by molar-refractivity contribution is -0.0394. The maximum atomic E-state index is 5.91. The second kappa shape index (κ2) is 5.62. The van der Waals surface area contributed by atoms with E-state index in [2.05, 4.69) is 20.1 Å². The predicted octanol–water partition coefficient (Wildman–Crippen LogP) is 3.24. The number of halogens is 1. The van der Waals surface area contributed by atoms with Crippen molar-refractivity contribution in [2.45, 2.75) is 25.5 Å². The maximum Gasteiger partial charge on any atom is 0.180 e. The number of rotatable bonds is 2. The molecular weight excluding hydrogens is 302 g/mol. The summed E-state index contributed by atoms with van der Waals surface area (Å²) in [5.41, 5.74) is 2.87. The molecule has 0 amide bonds. The molecule has 0 saturated carbocycles. The van der Waals surface area contributed by atoms with Crippen molar-refractivity contribution in [2.24, 2.45) is 0 Å². The second-order valence-electron chi connectivity index (χ2n) is 5.26. The summed E-state index contributed by atoms with van der Waals surface area (Å²) in [6.07, 6.45) is 8.73. The van der Waals surface area contributed by atoms with Gasteiger partial charge in [0.1, 0.15) is 16.9 Å². The van der Waals surface area contributed by atoms with Gasteiger partial charge < -0.3 is 4.74 Å². The fourth-order valence-corrected chi connectivity index (χ4v) is 2.72. The Labute approximate surface area is 132 Å². The highest BCUT2D eigenvalue weighted by Gasteiger charge is 2.17. The largest absolute Gasteiger partial charge is 0.357 e. The molecule has 6 nitrogen and oxygen atoms in total. The number of fused-ring (bicyclic) bond motifs is 1. The van der Waals surface area contributed by atoms with Gasteiger partial charge in [-0.05, 0) is 31.4 Å². The standard InChI is InChI=1S/C15H14ClN5O/c16-13-5-4-11-15(20-13)19-12(8-17-11)10-7-18-21(9-10)14-3-1-2-6-22-14/h4-5,7-9,14H,1-3,6H2. The van der Waals surface area contributed by atoms with Gasteiger partial charge in [-0.3, -0.25) is 4.98 Å². The fourth-order valence-electron chi connectivity index (χ4n) is 2.57. The van der Waals surface area contributed by atoms with Gasteiger partial charge in [0.2, 0.25) is 0 Å². The van der Waals surface area contributed by atoms with E-state index in [0.717, 1.165) is 42.6 Å². The first-order valence-corrected chi connectivity index (χ1v) is 7.63. The van der Waals surface area contributed by atoms with E-state index in [1.54, 1.807) is 24.5 Å². The molecule has 0 aliphatic carbocycles. The van der Waals surface area contributed by atoms with Crippen LogP contribution < -0.4 is 0 Å². The van der Waals surface area contributed by atoms with Crippen molar-refractivity contribution in [1.82, 2.24) is 24.7 Å². The van der Waals surface area contributed by atoms with Crippen molar-refractivity contribution in [3.05, 3.63) is 35.9 Å². The average molecular weight is 316 g/mol. The van der Waals surface area contributed by atoms with Gasteiger partial charge in [0.05, 0.1) is 18.1 Å². The molecule has 7 heteroatoms. The lowest BCUT2D eigenvalue weighted by atomic mass is 10.2. The van der Waals surface area contributed by atoms with E-state index >= 15 is 0 Å². The van der Waals surface area contributed by atoms with Crippen LogP contribution in [0.1, 0.15) is 25.5 Å². The van der Waals surface area contributed by atoms with Gasteiger partial charge in [0, 0.05) is 18.4 Å². The molecule has 1 aliphatic rings. The van der Waals surface area contributed by atoms with E-state index in [9.17, 15) is 0 Å². The summed E-state index contributed by atoms with van der Waals surface area (Å²) in [6, 6.07) is 3.51. The van der Waals surface area contributed by atoms with Gasteiger partial charge in [-0.2, -0.15) is 5.10 Å². The molecule has 112 valence electrons. The first-order valence-electron chi connectivity index (χ1n) is 7.25. The van der Waals surface area contributed by atoms with E-state index < -0.39 is 0 Å². The van der Waals surface area contributed by atoms with Crippen LogP contribution in [0, 0.1) is 0 Å². The molecule has 4 rings (SSSR count). The normalized spacial score (nSPS) is 18.7. The van der Waals surface area contributed by atoms with Gasteiger partial charge >= 0.3 is 0 Å². The van der Waals surface area contributed by atoms with Gasteiger partial charge in [0.25, 0.3) is 0 Å². The summed E-state index contributed by atoms with van der Waals surface area (Å²) in [5, 5.41) is 4.80. The molecule has 1 atom stereocenters. The first kappa shape index (κ1) is 13.6. The van der Waals surface area contributed by atoms with E-state index in [-0.39, 0.29) is 6.23 Å². The zero-order valence-corrected chi connectivity index (χ0v) is 12.6. The molecule has 4 heterocycles. The van der Waals surface area contributed by atoms with Crippen LogP contribution in [0.25, 0.3) is 22.4 Å². The number of aromatic nitrogens is 5. The zero-order chi connectivity index (χ0) is 14.9. The lowest BCUT2D eigenvalue weighted by Gasteiger charge is -2.22.